The van der Waals surface area contributed by atoms with Crippen LogP contribution in [0.4, 0.5) is 4.79 Å². The van der Waals surface area contributed by atoms with Gasteiger partial charge in [0.1, 0.15) is 5.60 Å². The van der Waals surface area contributed by atoms with Gasteiger partial charge in [-0.1, -0.05) is 36.4 Å². The molecule has 1 aliphatic carbocycles. The first-order valence-corrected chi connectivity index (χ1v) is 10.7. The lowest BCUT2D eigenvalue weighted by Gasteiger charge is -2.36. The van der Waals surface area contributed by atoms with Gasteiger partial charge in [-0.2, -0.15) is 0 Å². The molecule has 2 aromatic rings. The van der Waals surface area contributed by atoms with Crippen LogP contribution in [0.1, 0.15) is 47.9 Å². The Bertz CT molecular complexity index is 1060. The van der Waals surface area contributed by atoms with Crippen LogP contribution in [-0.2, 0) is 19.0 Å². The number of benzene rings is 2. The molecule has 0 spiro atoms. The van der Waals surface area contributed by atoms with Gasteiger partial charge in [-0.05, 0) is 51.5 Å². The summed E-state index contributed by atoms with van der Waals surface area (Å²) in [5, 5.41) is 0. The number of fused-ring (bicyclic) bond motifs is 2. The van der Waals surface area contributed by atoms with Crippen molar-refractivity contribution >= 4 is 23.9 Å². The van der Waals surface area contributed by atoms with Gasteiger partial charge < -0.3 is 14.2 Å². The summed E-state index contributed by atoms with van der Waals surface area (Å²) in [5.74, 6) is -2.59. The van der Waals surface area contributed by atoms with Crippen LogP contribution in [0.25, 0.3) is 0 Å². The fourth-order valence-corrected chi connectivity index (χ4v) is 4.18. The molecule has 0 radical (unpaired) electrons. The van der Waals surface area contributed by atoms with E-state index >= 15 is 0 Å². The van der Waals surface area contributed by atoms with Crippen LogP contribution in [0.5, 0.6) is 0 Å². The van der Waals surface area contributed by atoms with Gasteiger partial charge in [0.15, 0.2) is 12.2 Å². The number of nitrogens with zero attached hydrogens (tertiary/aromatic N) is 1. The predicted molar refractivity (Wildman–Crippen MR) is 116 cm³/mol. The standard InChI is InChI=1S/C25H25NO7/c1-25(2,3)33-24(30)26-18-14-17(21(26)27)19(31-22(28)15-10-6-4-7-11-15)20(18)32-23(29)16-12-8-5-9-13-16/h4-13,17-20H,14H2,1-3H3/t17-,18?,19+,20-/m0/s1. The fourth-order valence-electron chi connectivity index (χ4n) is 4.18. The number of amides is 2. The number of carbonyl (C=O) groups excluding carboxylic acids is 4. The Morgan fingerprint density at radius 3 is 1.79 bits per heavy atom. The summed E-state index contributed by atoms with van der Waals surface area (Å²) in [7, 11) is 0. The molecule has 172 valence electrons. The van der Waals surface area contributed by atoms with Gasteiger partial charge in [0, 0.05) is 0 Å². The van der Waals surface area contributed by atoms with Crippen LogP contribution in [0, 0.1) is 5.92 Å². The number of ether oxygens (including phenoxy) is 3. The number of rotatable bonds is 4. The van der Waals surface area contributed by atoms with Gasteiger partial charge in [0.25, 0.3) is 0 Å². The van der Waals surface area contributed by atoms with Crippen molar-refractivity contribution in [2.24, 2.45) is 5.92 Å². The molecule has 4 atom stereocenters. The number of likely N-dealkylation sites (tertiary alicyclic amines) is 1. The summed E-state index contributed by atoms with van der Waals surface area (Å²) in [4.78, 5) is 52.2. The Morgan fingerprint density at radius 2 is 1.30 bits per heavy atom. The maximum Gasteiger partial charge on any atom is 0.417 e. The fraction of sp³-hybridized carbons (Fsp3) is 0.360. The highest BCUT2D eigenvalue weighted by Crippen LogP contribution is 2.43. The van der Waals surface area contributed by atoms with E-state index in [9.17, 15) is 19.2 Å². The number of hydrogen-bond acceptors (Lipinski definition) is 7. The van der Waals surface area contributed by atoms with Gasteiger partial charge in [-0.3, -0.25) is 4.79 Å². The number of imide groups is 1. The summed E-state index contributed by atoms with van der Waals surface area (Å²) < 4.78 is 16.8. The zero-order valence-corrected chi connectivity index (χ0v) is 18.6. The molecule has 1 saturated heterocycles. The third kappa shape index (κ3) is 4.60. The van der Waals surface area contributed by atoms with Crippen LogP contribution in [-0.4, -0.2) is 52.7 Å². The van der Waals surface area contributed by atoms with Crippen molar-refractivity contribution in [3.63, 3.8) is 0 Å². The molecule has 2 fully saturated rings. The normalized spacial score (nSPS) is 23.8. The van der Waals surface area contributed by atoms with E-state index in [0.29, 0.717) is 11.1 Å². The zero-order valence-electron chi connectivity index (χ0n) is 18.6. The monoisotopic (exact) mass is 451 g/mol. The van der Waals surface area contributed by atoms with Gasteiger partial charge in [-0.15, -0.1) is 0 Å². The molecule has 33 heavy (non-hydrogen) atoms. The Labute approximate surface area is 191 Å². The Balaban J connectivity index is 1.60. The second-order valence-electron chi connectivity index (χ2n) is 9.07. The average molecular weight is 451 g/mol. The Kier molecular flexibility index (Phi) is 5.93. The van der Waals surface area contributed by atoms with Crippen LogP contribution < -0.4 is 0 Å². The molecule has 0 N–H and O–H groups in total. The summed E-state index contributed by atoms with van der Waals surface area (Å²) in [5.41, 5.74) is -0.192. The summed E-state index contributed by atoms with van der Waals surface area (Å²) in [6.45, 7) is 5.09. The van der Waals surface area contributed by atoms with E-state index in [-0.39, 0.29) is 6.42 Å². The van der Waals surface area contributed by atoms with Crippen LogP contribution >= 0.6 is 0 Å². The van der Waals surface area contributed by atoms with Crippen LogP contribution in [0.15, 0.2) is 60.7 Å². The molecule has 2 aromatic carbocycles. The quantitative estimate of drug-likeness (QED) is 0.517. The van der Waals surface area contributed by atoms with E-state index in [1.807, 2.05) is 0 Å². The maximum absolute atomic E-state index is 13.0. The minimum absolute atomic E-state index is 0.206. The van der Waals surface area contributed by atoms with Crippen molar-refractivity contribution in [3.05, 3.63) is 71.8 Å². The lowest BCUT2D eigenvalue weighted by Crippen LogP contribution is -2.57. The number of esters is 2. The van der Waals surface area contributed by atoms with E-state index < -0.39 is 53.7 Å². The number of piperidine rings is 1. The van der Waals surface area contributed by atoms with E-state index in [0.717, 1.165) is 4.90 Å². The molecular formula is C25H25NO7. The molecule has 0 aromatic heterocycles. The molecule has 8 nitrogen and oxygen atoms in total. The van der Waals surface area contributed by atoms with Gasteiger partial charge >= 0.3 is 18.0 Å². The third-order valence-corrected chi connectivity index (χ3v) is 5.58. The van der Waals surface area contributed by atoms with Gasteiger partial charge in [0.05, 0.1) is 23.1 Å². The molecule has 1 aliphatic heterocycles. The predicted octanol–water partition coefficient (Wildman–Crippen LogP) is 3.60. The van der Waals surface area contributed by atoms with Crippen molar-refractivity contribution in [1.82, 2.24) is 4.90 Å². The Morgan fingerprint density at radius 1 is 0.818 bits per heavy atom. The third-order valence-electron chi connectivity index (χ3n) is 5.58. The highest BCUT2D eigenvalue weighted by Gasteiger charge is 2.63. The van der Waals surface area contributed by atoms with E-state index in [4.69, 9.17) is 14.2 Å². The highest BCUT2D eigenvalue weighted by molar-refractivity contribution is 5.98. The highest BCUT2D eigenvalue weighted by atomic mass is 16.6. The molecule has 2 amide bonds. The summed E-state index contributed by atoms with van der Waals surface area (Å²) >= 11 is 0. The minimum atomic E-state index is -1.01. The smallest absolute Gasteiger partial charge is 0.417 e. The second kappa shape index (κ2) is 8.69. The molecule has 8 heteroatoms. The summed E-state index contributed by atoms with van der Waals surface area (Å²) in [6, 6.07) is 15.9. The largest absolute Gasteiger partial charge is 0.454 e. The molecule has 2 bridgehead atoms. The van der Waals surface area contributed by atoms with E-state index in [1.54, 1.807) is 81.4 Å². The first-order valence-electron chi connectivity index (χ1n) is 10.7. The van der Waals surface area contributed by atoms with E-state index in [2.05, 4.69) is 0 Å². The number of carbonyl (C=O) groups is 4. The summed E-state index contributed by atoms with van der Waals surface area (Å²) in [6.07, 6.45) is -2.63. The lowest BCUT2D eigenvalue weighted by molar-refractivity contribution is -0.145. The molecule has 4 rings (SSSR count). The van der Waals surface area contributed by atoms with Crippen molar-refractivity contribution in [1.29, 1.82) is 0 Å². The lowest BCUT2D eigenvalue weighted by atomic mass is 10.0. The SMILES string of the molecule is CC(C)(C)OC(=O)N1C(=O)[C@H]2CC1[C@H](OC(=O)c1ccccc1)[C@@H]2OC(=O)c1ccccc1. The van der Waals surface area contributed by atoms with Crippen molar-refractivity contribution in [3.8, 4) is 0 Å². The van der Waals surface area contributed by atoms with Gasteiger partial charge in [-0.25, -0.2) is 19.3 Å². The van der Waals surface area contributed by atoms with Crippen LogP contribution in [0.2, 0.25) is 0 Å². The van der Waals surface area contributed by atoms with Crippen molar-refractivity contribution < 1.29 is 33.4 Å². The van der Waals surface area contributed by atoms with Crippen LogP contribution in [0.3, 0.4) is 0 Å². The first-order chi connectivity index (χ1) is 15.7. The van der Waals surface area contributed by atoms with Gasteiger partial charge in [0.2, 0.25) is 5.91 Å². The molecule has 1 heterocycles. The molecule has 1 unspecified atom stereocenters. The van der Waals surface area contributed by atoms with E-state index in [1.165, 1.54) is 0 Å². The zero-order chi connectivity index (χ0) is 23.8. The second-order valence-corrected chi connectivity index (χ2v) is 9.07. The number of hydrogen-bond donors (Lipinski definition) is 0. The average Bonchev–Trinajstić information content (AvgIpc) is 3.29. The van der Waals surface area contributed by atoms with Crippen molar-refractivity contribution in [2.75, 3.05) is 0 Å². The maximum atomic E-state index is 13.0. The van der Waals surface area contributed by atoms with Crippen molar-refractivity contribution in [2.45, 2.75) is 51.0 Å². The molecular weight excluding hydrogens is 426 g/mol. The minimum Gasteiger partial charge on any atom is -0.454 e. The first kappa shape index (κ1) is 22.5. The Hall–Kier alpha value is -3.68. The molecule has 1 saturated carbocycles. The molecule has 2 aliphatic rings. The topological polar surface area (TPSA) is 99.2 Å².